The maximum atomic E-state index is 13.1. The largest absolute Gasteiger partial charge is 0.491 e. The molecule has 0 atom stereocenters. The average molecular weight is 318 g/mol. The number of hydrogen-bond donors (Lipinski definition) is 4. The second kappa shape index (κ2) is 6.52. The highest BCUT2D eigenvalue weighted by Gasteiger charge is 2.34. The Bertz CT molecular complexity index is 681. The number of ether oxygens (including phenoxy) is 1. The first-order chi connectivity index (χ1) is 10.4. The van der Waals surface area contributed by atoms with Crippen molar-refractivity contribution in [2.45, 2.75) is 12.7 Å². The number of hydrogen-bond acceptors (Lipinski definition) is 5. The van der Waals surface area contributed by atoms with Crippen LogP contribution >= 0.6 is 0 Å². The van der Waals surface area contributed by atoms with Crippen molar-refractivity contribution in [1.82, 2.24) is 15.2 Å². The lowest BCUT2D eigenvalue weighted by Gasteiger charge is -2.15. The number of anilines is 1. The maximum absolute atomic E-state index is 13.1. The van der Waals surface area contributed by atoms with Gasteiger partial charge in [0, 0.05) is 5.69 Å². The van der Waals surface area contributed by atoms with Gasteiger partial charge in [0.05, 0.1) is 18.7 Å². The minimum Gasteiger partial charge on any atom is -0.491 e. The Kier molecular flexibility index (Phi) is 4.71. The van der Waals surface area contributed by atoms with Crippen molar-refractivity contribution in [2.75, 3.05) is 18.5 Å². The summed E-state index contributed by atoms with van der Waals surface area (Å²) in [6.45, 7) is -0.481. The van der Waals surface area contributed by atoms with Gasteiger partial charge >= 0.3 is 11.9 Å². The Morgan fingerprint density at radius 2 is 2.14 bits per heavy atom. The predicted octanol–water partition coefficient (Wildman–Crippen LogP) is 1.10. The fourth-order valence-corrected chi connectivity index (χ4v) is 1.73. The third-order valence-electron chi connectivity index (χ3n) is 2.65. The molecule has 2 rings (SSSR count). The molecule has 0 spiro atoms. The molecule has 0 aliphatic heterocycles. The Hall–Kier alpha value is -2.49. The number of aliphatic hydroxyl groups excluding tert-OH is 1. The second-order valence-electron chi connectivity index (χ2n) is 4.26. The molecule has 10 heteroatoms. The molecule has 0 aliphatic carbocycles. The van der Waals surface area contributed by atoms with Crippen molar-refractivity contribution >= 4 is 5.69 Å². The summed E-state index contributed by atoms with van der Waals surface area (Å²) in [6, 6.07) is 3.39. The number of H-pyrrole nitrogens is 2. The van der Waals surface area contributed by atoms with Crippen LogP contribution in [0.3, 0.4) is 0 Å². The lowest BCUT2D eigenvalue weighted by Crippen LogP contribution is -2.12. The molecule has 0 radical (unpaired) electrons. The zero-order chi connectivity index (χ0) is 16.2. The SMILES string of the molecule is O=c1[nH]nc(CNc2ccc(OCCO)cc2C(F)(F)F)[nH]1. The molecule has 0 saturated heterocycles. The fraction of sp³-hybridized carbons (Fsp3) is 0.333. The highest BCUT2D eigenvalue weighted by Crippen LogP contribution is 2.37. The van der Waals surface area contributed by atoms with Crippen LogP contribution < -0.4 is 15.7 Å². The molecule has 4 N–H and O–H groups in total. The minimum absolute atomic E-state index is 0.0000939. The fourth-order valence-electron chi connectivity index (χ4n) is 1.73. The summed E-state index contributed by atoms with van der Waals surface area (Å²) >= 11 is 0. The van der Waals surface area contributed by atoms with Gasteiger partial charge < -0.3 is 15.2 Å². The van der Waals surface area contributed by atoms with E-state index in [4.69, 9.17) is 9.84 Å². The van der Waals surface area contributed by atoms with E-state index in [2.05, 4.69) is 20.5 Å². The number of aromatic nitrogens is 3. The van der Waals surface area contributed by atoms with Crippen LogP contribution in [0.4, 0.5) is 18.9 Å². The van der Waals surface area contributed by atoms with E-state index in [0.717, 1.165) is 6.07 Å². The first-order valence-corrected chi connectivity index (χ1v) is 6.22. The van der Waals surface area contributed by atoms with Crippen molar-refractivity contribution in [1.29, 1.82) is 0 Å². The molecule has 1 aromatic carbocycles. The Balaban J connectivity index is 2.19. The van der Waals surface area contributed by atoms with Gasteiger partial charge in [-0.1, -0.05) is 0 Å². The second-order valence-corrected chi connectivity index (χ2v) is 4.26. The smallest absolute Gasteiger partial charge is 0.418 e. The average Bonchev–Trinajstić information content (AvgIpc) is 2.88. The number of nitrogens with zero attached hydrogens (tertiary/aromatic N) is 1. The van der Waals surface area contributed by atoms with Gasteiger partial charge in [0.25, 0.3) is 0 Å². The van der Waals surface area contributed by atoms with E-state index in [1.54, 1.807) is 0 Å². The van der Waals surface area contributed by atoms with Gasteiger partial charge in [-0.15, -0.1) is 0 Å². The third kappa shape index (κ3) is 4.01. The Morgan fingerprint density at radius 3 is 2.73 bits per heavy atom. The molecule has 1 heterocycles. The standard InChI is InChI=1S/C12H13F3N4O3/c13-12(14,15)8-5-7(22-4-3-20)1-2-9(8)16-6-10-17-11(21)19-18-10/h1-2,5,16,20H,3-4,6H2,(H2,17,18,19,21). The van der Waals surface area contributed by atoms with E-state index in [0.29, 0.717) is 0 Å². The van der Waals surface area contributed by atoms with Crippen LogP contribution in [0.2, 0.25) is 0 Å². The van der Waals surface area contributed by atoms with Gasteiger partial charge in [-0.25, -0.2) is 9.89 Å². The van der Waals surface area contributed by atoms with E-state index in [1.165, 1.54) is 12.1 Å². The first-order valence-electron chi connectivity index (χ1n) is 6.22. The van der Waals surface area contributed by atoms with Gasteiger partial charge in [-0.3, -0.25) is 4.98 Å². The monoisotopic (exact) mass is 318 g/mol. The number of nitrogens with one attached hydrogen (secondary N) is 3. The molecule has 0 bridgehead atoms. The van der Waals surface area contributed by atoms with Gasteiger partial charge in [0.2, 0.25) is 0 Å². The lowest BCUT2D eigenvalue weighted by atomic mass is 10.1. The summed E-state index contributed by atoms with van der Waals surface area (Å²) in [5.41, 5.74) is -1.63. The number of rotatable bonds is 6. The van der Waals surface area contributed by atoms with Crippen molar-refractivity contribution in [2.24, 2.45) is 0 Å². The molecule has 2 aromatic rings. The van der Waals surface area contributed by atoms with Crippen molar-refractivity contribution < 1.29 is 23.0 Å². The molecular formula is C12H13F3N4O3. The summed E-state index contributed by atoms with van der Waals surface area (Å²) in [4.78, 5) is 13.2. The van der Waals surface area contributed by atoms with Crippen LogP contribution in [0.25, 0.3) is 0 Å². The van der Waals surface area contributed by atoms with Crippen molar-refractivity contribution in [3.05, 3.63) is 40.1 Å². The molecule has 0 fully saturated rings. The molecule has 0 amide bonds. The maximum Gasteiger partial charge on any atom is 0.418 e. The molecule has 7 nitrogen and oxygen atoms in total. The number of benzene rings is 1. The number of aliphatic hydroxyl groups is 1. The number of aromatic amines is 2. The molecule has 0 unspecified atom stereocenters. The van der Waals surface area contributed by atoms with Crippen molar-refractivity contribution in [3.8, 4) is 5.75 Å². The lowest BCUT2D eigenvalue weighted by molar-refractivity contribution is -0.137. The summed E-state index contributed by atoms with van der Waals surface area (Å²) < 4.78 is 44.1. The van der Waals surface area contributed by atoms with Crippen LogP contribution in [0.15, 0.2) is 23.0 Å². The van der Waals surface area contributed by atoms with Crippen LogP contribution in [-0.2, 0) is 12.7 Å². The van der Waals surface area contributed by atoms with E-state index >= 15 is 0 Å². The number of halogens is 3. The van der Waals surface area contributed by atoms with Crippen LogP contribution in [-0.4, -0.2) is 33.5 Å². The zero-order valence-corrected chi connectivity index (χ0v) is 11.2. The van der Waals surface area contributed by atoms with E-state index in [1.807, 2.05) is 0 Å². The predicted molar refractivity (Wildman–Crippen MR) is 70.6 cm³/mol. The molecule has 22 heavy (non-hydrogen) atoms. The summed E-state index contributed by atoms with van der Waals surface area (Å²) in [5.74, 6) is 0.179. The Labute approximate surface area is 122 Å². The third-order valence-corrected chi connectivity index (χ3v) is 2.65. The molecular weight excluding hydrogens is 305 g/mol. The van der Waals surface area contributed by atoms with Gasteiger partial charge in [-0.2, -0.15) is 18.3 Å². The van der Waals surface area contributed by atoms with Gasteiger partial charge in [0.15, 0.2) is 0 Å². The van der Waals surface area contributed by atoms with Crippen molar-refractivity contribution in [3.63, 3.8) is 0 Å². The molecule has 1 aromatic heterocycles. The van der Waals surface area contributed by atoms with E-state index < -0.39 is 17.4 Å². The quantitative estimate of drug-likeness (QED) is 0.639. The highest BCUT2D eigenvalue weighted by molar-refractivity contribution is 5.55. The molecule has 0 saturated carbocycles. The first kappa shape index (κ1) is 15.9. The Morgan fingerprint density at radius 1 is 1.36 bits per heavy atom. The normalized spacial score (nSPS) is 11.5. The van der Waals surface area contributed by atoms with Gasteiger partial charge in [0.1, 0.15) is 18.2 Å². The van der Waals surface area contributed by atoms with E-state index in [-0.39, 0.29) is 37.0 Å². The summed E-state index contributed by atoms with van der Waals surface area (Å²) in [5, 5.41) is 16.9. The number of alkyl halides is 3. The van der Waals surface area contributed by atoms with Crippen LogP contribution in [0, 0.1) is 0 Å². The minimum atomic E-state index is -4.58. The van der Waals surface area contributed by atoms with Gasteiger partial charge in [-0.05, 0) is 18.2 Å². The van der Waals surface area contributed by atoms with E-state index in [9.17, 15) is 18.0 Å². The summed E-state index contributed by atoms with van der Waals surface area (Å²) in [7, 11) is 0. The zero-order valence-electron chi connectivity index (χ0n) is 11.2. The topological polar surface area (TPSA) is 103 Å². The highest BCUT2D eigenvalue weighted by atomic mass is 19.4. The summed E-state index contributed by atoms with van der Waals surface area (Å²) in [6.07, 6.45) is -4.58. The molecule has 0 aliphatic rings. The van der Waals surface area contributed by atoms with Crippen LogP contribution in [0.5, 0.6) is 5.75 Å². The van der Waals surface area contributed by atoms with Crippen LogP contribution in [0.1, 0.15) is 11.4 Å². The molecule has 120 valence electrons.